The lowest BCUT2D eigenvalue weighted by Gasteiger charge is -2.18. The van der Waals surface area contributed by atoms with Gasteiger partial charge in [-0.1, -0.05) is 35.3 Å². The molecule has 0 N–H and O–H groups in total. The Morgan fingerprint density at radius 2 is 1.94 bits per heavy atom. The van der Waals surface area contributed by atoms with Crippen LogP contribution in [0, 0.1) is 3.57 Å². The van der Waals surface area contributed by atoms with Crippen LogP contribution in [0.15, 0.2) is 41.3 Å². The first-order valence-electron chi connectivity index (χ1n) is 8.92. The molecule has 1 heterocycles. The molecule has 2 amide bonds. The summed E-state index contributed by atoms with van der Waals surface area (Å²) in [4.78, 5) is 37.7. The van der Waals surface area contributed by atoms with Crippen LogP contribution in [-0.4, -0.2) is 35.2 Å². The van der Waals surface area contributed by atoms with E-state index in [-0.39, 0.29) is 4.91 Å². The number of methoxy groups -OCH3 is 1. The van der Waals surface area contributed by atoms with E-state index in [1.54, 1.807) is 30.3 Å². The van der Waals surface area contributed by atoms with Crippen molar-refractivity contribution in [1.29, 1.82) is 0 Å². The summed E-state index contributed by atoms with van der Waals surface area (Å²) >= 11 is 14.9. The minimum absolute atomic E-state index is 0.237. The van der Waals surface area contributed by atoms with E-state index in [9.17, 15) is 14.4 Å². The number of imide groups is 1. The standard InChI is InChI=1S/C21H16Cl2INO5S/c1-11(20(27)29-2)25-19(26)18(31-21(25)28)9-12-4-6-17(16(24)8-12)30-10-13-3-5-14(22)15(23)7-13/h3-9,11H,10H2,1-2H3/b18-9+/t11-/m0/s1. The maximum atomic E-state index is 12.6. The van der Waals surface area contributed by atoms with Crippen LogP contribution in [0.2, 0.25) is 10.0 Å². The van der Waals surface area contributed by atoms with Gasteiger partial charge in [0.2, 0.25) is 0 Å². The Kier molecular flexibility index (Phi) is 7.90. The molecule has 1 aliphatic heterocycles. The predicted octanol–water partition coefficient (Wildman–Crippen LogP) is 5.77. The second-order valence-corrected chi connectivity index (χ2v) is 9.45. The fraction of sp³-hybridized carbons (Fsp3) is 0.190. The molecule has 2 aromatic carbocycles. The van der Waals surface area contributed by atoms with Gasteiger partial charge in [-0.25, -0.2) is 4.79 Å². The zero-order chi connectivity index (χ0) is 22.7. The van der Waals surface area contributed by atoms with Gasteiger partial charge in [0.1, 0.15) is 18.4 Å². The molecule has 1 fully saturated rings. The molecule has 0 aliphatic carbocycles. The molecule has 31 heavy (non-hydrogen) atoms. The Balaban J connectivity index is 1.73. The third kappa shape index (κ3) is 5.54. The summed E-state index contributed by atoms with van der Waals surface area (Å²) in [7, 11) is 1.21. The summed E-state index contributed by atoms with van der Waals surface area (Å²) in [5.41, 5.74) is 1.60. The average Bonchev–Trinajstić information content (AvgIpc) is 3.01. The van der Waals surface area contributed by atoms with Crippen molar-refractivity contribution >= 4 is 80.7 Å². The van der Waals surface area contributed by atoms with E-state index in [1.807, 2.05) is 12.1 Å². The van der Waals surface area contributed by atoms with Crippen LogP contribution < -0.4 is 4.74 Å². The molecule has 0 unspecified atom stereocenters. The number of hydrogen-bond acceptors (Lipinski definition) is 6. The molecule has 6 nitrogen and oxygen atoms in total. The molecule has 1 atom stereocenters. The van der Waals surface area contributed by atoms with Crippen LogP contribution in [0.5, 0.6) is 5.75 Å². The normalized spacial score (nSPS) is 16.0. The van der Waals surface area contributed by atoms with Gasteiger partial charge in [0.05, 0.1) is 25.6 Å². The number of esters is 1. The predicted molar refractivity (Wildman–Crippen MR) is 129 cm³/mol. The van der Waals surface area contributed by atoms with Crippen molar-refractivity contribution in [3.05, 3.63) is 66.0 Å². The highest BCUT2D eigenvalue weighted by Gasteiger charge is 2.41. The highest BCUT2D eigenvalue weighted by molar-refractivity contribution is 14.1. The number of carbonyl (C=O) groups is 3. The summed E-state index contributed by atoms with van der Waals surface area (Å²) < 4.78 is 11.3. The van der Waals surface area contributed by atoms with Crippen molar-refractivity contribution in [2.45, 2.75) is 19.6 Å². The smallest absolute Gasteiger partial charge is 0.328 e. The lowest BCUT2D eigenvalue weighted by atomic mass is 10.2. The zero-order valence-electron chi connectivity index (χ0n) is 16.4. The van der Waals surface area contributed by atoms with E-state index in [0.717, 1.165) is 31.4 Å². The van der Waals surface area contributed by atoms with Gasteiger partial charge < -0.3 is 9.47 Å². The van der Waals surface area contributed by atoms with Crippen molar-refractivity contribution in [2.24, 2.45) is 0 Å². The van der Waals surface area contributed by atoms with E-state index in [1.165, 1.54) is 14.0 Å². The minimum atomic E-state index is -0.985. The lowest BCUT2D eigenvalue weighted by molar-refractivity contribution is -0.148. The Hall–Kier alpha value is -1.75. The number of amides is 2. The molecule has 1 aliphatic rings. The van der Waals surface area contributed by atoms with Gasteiger partial charge in [-0.15, -0.1) is 0 Å². The fourth-order valence-electron chi connectivity index (χ4n) is 2.76. The molecule has 2 aromatic rings. The van der Waals surface area contributed by atoms with Gasteiger partial charge in [0.15, 0.2) is 0 Å². The third-order valence-corrected chi connectivity index (χ3v) is 6.85. The Morgan fingerprint density at radius 3 is 2.58 bits per heavy atom. The maximum absolute atomic E-state index is 12.6. The summed E-state index contributed by atoms with van der Waals surface area (Å²) in [6, 6.07) is 9.71. The number of nitrogens with zero attached hydrogens (tertiary/aromatic N) is 1. The Morgan fingerprint density at radius 1 is 1.19 bits per heavy atom. The molecule has 0 spiro atoms. The van der Waals surface area contributed by atoms with Gasteiger partial charge >= 0.3 is 5.97 Å². The van der Waals surface area contributed by atoms with Crippen molar-refractivity contribution in [2.75, 3.05) is 7.11 Å². The molecule has 162 valence electrons. The van der Waals surface area contributed by atoms with E-state index < -0.39 is 23.2 Å². The van der Waals surface area contributed by atoms with Crippen molar-refractivity contribution in [1.82, 2.24) is 4.90 Å². The SMILES string of the molecule is COC(=O)[C@H](C)N1C(=O)S/C(=C/c2ccc(OCc3ccc(Cl)c(Cl)c3)c(I)c2)C1=O. The zero-order valence-corrected chi connectivity index (χ0v) is 20.8. The van der Waals surface area contributed by atoms with Gasteiger partial charge in [0, 0.05) is 0 Å². The summed E-state index contributed by atoms with van der Waals surface area (Å²) in [6.07, 6.45) is 1.61. The average molecular weight is 592 g/mol. The number of carbonyl (C=O) groups excluding carboxylic acids is 3. The fourth-order valence-corrected chi connectivity index (χ4v) is 4.68. The van der Waals surface area contributed by atoms with Crippen molar-refractivity contribution < 1.29 is 23.9 Å². The molecule has 0 aromatic heterocycles. The molecule has 10 heteroatoms. The third-order valence-electron chi connectivity index (χ3n) is 4.39. The van der Waals surface area contributed by atoms with Crippen molar-refractivity contribution in [3.63, 3.8) is 0 Å². The topological polar surface area (TPSA) is 72.9 Å². The minimum Gasteiger partial charge on any atom is -0.488 e. The molecule has 0 radical (unpaired) electrons. The Labute approximate surface area is 207 Å². The second kappa shape index (κ2) is 10.2. The van der Waals surface area contributed by atoms with E-state index in [4.69, 9.17) is 27.9 Å². The Bertz CT molecular complexity index is 1090. The van der Waals surface area contributed by atoms with Crippen LogP contribution in [0.1, 0.15) is 18.1 Å². The monoisotopic (exact) mass is 591 g/mol. The lowest BCUT2D eigenvalue weighted by Crippen LogP contribution is -2.42. The highest BCUT2D eigenvalue weighted by Crippen LogP contribution is 2.34. The van der Waals surface area contributed by atoms with Crippen LogP contribution in [0.4, 0.5) is 4.79 Å². The highest BCUT2D eigenvalue weighted by atomic mass is 127. The van der Waals surface area contributed by atoms with Crippen molar-refractivity contribution in [3.8, 4) is 5.75 Å². The molecule has 3 rings (SSSR count). The summed E-state index contributed by atoms with van der Waals surface area (Å²) in [5, 5.41) is 0.434. The number of hydrogen-bond donors (Lipinski definition) is 0. The molecule has 0 saturated carbocycles. The van der Waals surface area contributed by atoms with Gasteiger partial charge in [0.25, 0.3) is 11.1 Å². The molecular formula is C21H16Cl2INO5S. The number of thioether (sulfide) groups is 1. The van der Waals surface area contributed by atoms with Gasteiger partial charge in [-0.2, -0.15) is 0 Å². The molecular weight excluding hydrogens is 576 g/mol. The number of halogens is 3. The van der Waals surface area contributed by atoms with Crippen LogP contribution in [0.25, 0.3) is 6.08 Å². The maximum Gasteiger partial charge on any atom is 0.328 e. The number of rotatable bonds is 6. The first kappa shape index (κ1) is 23.9. The van der Waals surface area contributed by atoms with E-state index in [0.29, 0.717) is 22.4 Å². The van der Waals surface area contributed by atoms with Crippen LogP contribution >= 0.6 is 57.6 Å². The van der Waals surface area contributed by atoms with Crippen LogP contribution in [-0.2, 0) is 20.9 Å². The van der Waals surface area contributed by atoms with E-state index in [2.05, 4.69) is 27.3 Å². The summed E-state index contributed by atoms with van der Waals surface area (Å²) in [6.45, 7) is 1.77. The second-order valence-electron chi connectivity index (χ2n) is 6.48. The van der Waals surface area contributed by atoms with Gasteiger partial charge in [-0.05, 0) is 82.7 Å². The first-order chi connectivity index (χ1) is 14.7. The number of benzene rings is 2. The number of ether oxygens (including phenoxy) is 2. The van der Waals surface area contributed by atoms with E-state index >= 15 is 0 Å². The largest absolute Gasteiger partial charge is 0.488 e. The molecule has 1 saturated heterocycles. The first-order valence-corrected chi connectivity index (χ1v) is 11.6. The molecule has 0 bridgehead atoms. The van der Waals surface area contributed by atoms with Gasteiger partial charge in [-0.3, -0.25) is 14.5 Å². The van der Waals surface area contributed by atoms with Crippen LogP contribution in [0.3, 0.4) is 0 Å². The summed E-state index contributed by atoms with van der Waals surface area (Å²) in [5.74, 6) is -0.513. The quantitative estimate of drug-likeness (QED) is 0.241.